The minimum absolute atomic E-state index is 0.283. The van der Waals surface area contributed by atoms with Crippen LogP contribution < -0.4 is 10.3 Å². The summed E-state index contributed by atoms with van der Waals surface area (Å²) in [5.74, 6) is 1.47. The first-order valence-corrected chi connectivity index (χ1v) is 13.0. The number of anilines is 3. The van der Waals surface area contributed by atoms with Crippen molar-refractivity contribution in [2.75, 3.05) is 10.3 Å². The Balaban J connectivity index is 1.46. The van der Waals surface area contributed by atoms with E-state index in [1.807, 2.05) is 5.01 Å². The van der Waals surface area contributed by atoms with E-state index in [9.17, 15) is 13.6 Å². The molecule has 2 fully saturated rings. The highest BCUT2D eigenvalue weighted by Gasteiger charge is 2.49. The molecular weight excluding hydrogens is 468 g/mol. The van der Waals surface area contributed by atoms with E-state index >= 15 is 0 Å². The van der Waals surface area contributed by atoms with E-state index in [0.29, 0.717) is 22.4 Å². The SMILES string of the molecule is CC(=O)OC1=NN(C2CC2)c2cc3cnc(Nc4ccc(S(=O)O)cc4)nc3n2C12CCCCC2. The van der Waals surface area contributed by atoms with Crippen molar-refractivity contribution in [3.8, 4) is 0 Å². The van der Waals surface area contributed by atoms with Crippen LogP contribution in [0.4, 0.5) is 17.5 Å². The molecule has 1 spiro atoms. The summed E-state index contributed by atoms with van der Waals surface area (Å²) in [6.07, 6.45) is 8.67. The highest BCUT2D eigenvalue weighted by Crippen LogP contribution is 2.48. The van der Waals surface area contributed by atoms with Crippen molar-refractivity contribution in [3.63, 3.8) is 0 Å². The molecule has 2 N–H and O–H groups in total. The number of hydrogen-bond donors (Lipinski definition) is 2. The molecule has 2 aromatic heterocycles. The van der Waals surface area contributed by atoms with Crippen molar-refractivity contribution in [3.05, 3.63) is 36.5 Å². The third-order valence-corrected chi connectivity index (χ3v) is 7.58. The van der Waals surface area contributed by atoms with E-state index in [0.717, 1.165) is 61.8 Å². The van der Waals surface area contributed by atoms with E-state index in [-0.39, 0.29) is 12.0 Å². The number of benzene rings is 1. The lowest BCUT2D eigenvalue weighted by Crippen LogP contribution is -2.51. The Bertz CT molecular complexity index is 1360. The molecule has 3 aliphatic rings. The zero-order chi connectivity index (χ0) is 24.2. The Morgan fingerprint density at radius 2 is 1.94 bits per heavy atom. The third kappa shape index (κ3) is 3.88. The summed E-state index contributed by atoms with van der Waals surface area (Å²) in [5, 5.41) is 11.0. The van der Waals surface area contributed by atoms with Crippen LogP contribution in [0.3, 0.4) is 0 Å². The smallest absolute Gasteiger partial charge is 0.309 e. The number of hydrogen-bond acceptors (Lipinski definition) is 8. The Labute approximate surface area is 204 Å². The molecule has 1 aliphatic heterocycles. The van der Waals surface area contributed by atoms with E-state index in [4.69, 9.17) is 14.8 Å². The Hall–Kier alpha value is -3.31. The number of carbonyl (C=O) groups is 1. The Morgan fingerprint density at radius 1 is 1.20 bits per heavy atom. The second-order valence-electron chi connectivity index (χ2n) is 9.38. The van der Waals surface area contributed by atoms with Gasteiger partial charge < -0.3 is 14.6 Å². The molecule has 3 aromatic rings. The van der Waals surface area contributed by atoms with Gasteiger partial charge >= 0.3 is 5.97 Å². The number of rotatable bonds is 4. The average molecular weight is 495 g/mol. The zero-order valence-electron chi connectivity index (χ0n) is 19.3. The van der Waals surface area contributed by atoms with Crippen molar-refractivity contribution in [2.45, 2.75) is 68.3 Å². The van der Waals surface area contributed by atoms with Gasteiger partial charge in [-0.05, 0) is 56.0 Å². The molecular formula is C24H26N6O4S. The molecule has 10 nitrogen and oxygen atoms in total. The number of esters is 1. The largest absolute Gasteiger partial charge is 0.407 e. The van der Waals surface area contributed by atoms with Crippen LogP contribution in [0.5, 0.6) is 0 Å². The molecule has 1 atom stereocenters. The molecule has 0 radical (unpaired) electrons. The Kier molecular flexibility index (Phi) is 5.33. The van der Waals surface area contributed by atoms with Crippen LogP contribution in [0.15, 0.2) is 46.5 Å². The van der Waals surface area contributed by atoms with Gasteiger partial charge in [-0.2, -0.15) is 4.98 Å². The van der Waals surface area contributed by atoms with Crippen LogP contribution in [0.1, 0.15) is 51.9 Å². The molecule has 11 heteroatoms. The fraction of sp³-hybridized carbons (Fsp3) is 0.417. The van der Waals surface area contributed by atoms with Crippen molar-refractivity contribution >= 4 is 51.4 Å². The number of nitrogens with one attached hydrogen (secondary N) is 1. The van der Waals surface area contributed by atoms with Crippen molar-refractivity contribution in [1.82, 2.24) is 14.5 Å². The first-order valence-electron chi connectivity index (χ1n) is 11.9. The van der Waals surface area contributed by atoms with E-state index in [2.05, 4.69) is 20.9 Å². The second-order valence-corrected chi connectivity index (χ2v) is 10.3. The Morgan fingerprint density at radius 3 is 2.60 bits per heavy atom. The molecule has 0 saturated heterocycles. The summed E-state index contributed by atoms with van der Waals surface area (Å²) >= 11 is -2.03. The number of aromatic nitrogens is 3. The van der Waals surface area contributed by atoms with Gasteiger partial charge in [-0.3, -0.25) is 9.36 Å². The third-order valence-electron chi connectivity index (χ3n) is 6.91. The topological polar surface area (TPSA) is 122 Å². The minimum Gasteiger partial charge on any atom is -0.407 e. The summed E-state index contributed by atoms with van der Waals surface area (Å²) < 4.78 is 28.5. The fourth-order valence-electron chi connectivity index (χ4n) is 5.16. The maximum absolute atomic E-state index is 12.1. The molecule has 182 valence electrons. The summed E-state index contributed by atoms with van der Waals surface area (Å²) in [4.78, 5) is 21.8. The van der Waals surface area contributed by atoms with Crippen LogP contribution >= 0.6 is 0 Å². The number of hydrazone groups is 1. The maximum atomic E-state index is 12.1. The molecule has 1 unspecified atom stereocenters. The van der Waals surface area contributed by atoms with Gasteiger partial charge in [0.25, 0.3) is 0 Å². The monoisotopic (exact) mass is 494 g/mol. The normalized spacial score (nSPS) is 19.8. The summed E-state index contributed by atoms with van der Waals surface area (Å²) in [6, 6.07) is 8.96. The average Bonchev–Trinajstić information content (AvgIpc) is 3.61. The van der Waals surface area contributed by atoms with E-state index in [1.165, 1.54) is 6.92 Å². The van der Waals surface area contributed by atoms with Gasteiger partial charge in [-0.15, -0.1) is 5.10 Å². The number of ether oxygens (including phenoxy) is 1. The van der Waals surface area contributed by atoms with Crippen molar-refractivity contribution in [1.29, 1.82) is 0 Å². The molecule has 3 heterocycles. The fourth-order valence-corrected chi connectivity index (χ4v) is 5.53. The predicted octanol–water partition coefficient (Wildman–Crippen LogP) is 4.27. The zero-order valence-corrected chi connectivity index (χ0v) is 20.1. The number of nitrogens with zero attached hydrogens (tertiary/aromatic N) is 5. The van der Waals surface area contributed by atoms with Crippen LogP contribution in [0.25, 0.3) is 11.0 Å². The van der Waals surface area contributed by atoms with Crippen LogP contribution in [-0.4, -0.2) is 41.2 Å². The second kappa shape index (κ2) is 8.42. The maximum Gasteiger partial charge on any atom is 0.309 e. The van der Waals surface area contributed by atoms with Gasteiger partial charge in [-0.25, -0.2) is 14.2 Å². The lowest BCUT2D eigenvalue weighted by atomic mass is 9.80. The van der Waals surface area contributed by atoms with Crippen molar-refractivity contribution < 1.29 is 18.3 Å². The van der Waals surface area contributed by atoms with Crippen molar-refractivity contribution in [2.24, 2.45) is 5.10 Å². The van der Waals surface area contributed by atoms with Gasteiger partial charge in [0.15, 0.2) is 11.1 Å². The molecule has 0 amide bonds. The van der Waals surface area contributed by atoms with Gasteiger partial charge in [0.2, 0.25) is 11.8 Å². The van der Waals surface area contributed by atoms with Crippen LogP contribution in [0, 0.1) is 0 Å². The molecule has 2 saturated carbocycles. The first-order chi connectivity index (χ1) is 16.9. The summed E-state index contributed by atoms with van der Waals surface area (Å²) in [7, 11) is 0. The van der Waals surface area contributed by atoms with Gasteiger partial charge in [0.05, 0.1) is 10.9 Å². The van der Waals surface area contributed by atoms with E-state index in [1.54, 1.807) is 30.5 Å². The molecule has 2 aliphatic carbocycles. The lowest BCUT2D eigenvalue weighted by Gasteiger charge is -2.44. The summed E-state index contributed by atoms with van der Waals surface area (Å²) in [5.41, 5.74) is 0.904. The summed E-state index contributed by atoms with van der Waals surface area (Å²) in [6.45, 7) is 1.42. The molecule has 35 heavy (non-hydrogen) atoms. The quantitative estimate of drug-likeness (QED) is 0.407. The van der Waals surface area contributed by atoms with Gasteiger partial charge in [-0.1, -0.05) is 19.3 Å². The van der Waals surface area contributed by atoms with Gasteiger partial charge in [0.1, 0.15) is 17.0 Å². The highest BCUT2D eigenvalue weighted by atomic mass is 32.2. The molecule has 1 aromatic carbocycles. The first kappa shape index (κ1) is 22.2. The predicted molar refractivity (Wildman–Crippen MR) is 132 cm³/mol. The minimum atomic E-state index is -2.03. The molecule has 6 rings (SSSR count). The van der Waals surface area contributed by atoms with Crippen LogP contribution in [-0.2, 0) is 26.2 Å². The standard InChI is InChI=1S/C24H26N6O4S/c1-15(31)34-22-24(11-3-2-4-12-24)29-20(30(28-22)18-7-8-18)13-16-14-25-23(27-21(16)29)26-17-5-9-19(10-6-17)35(32)33/h5-6,9-10,13-14,18H,2-4,7-8,11-12H2,1H3,(H,32,33)(H,25,26,27). The lowest BCUT2D eigenvalue weighted by molar-refractivity contribution is -0.133. The van der Waals surface area contributed by atoms with Crippen LogP contribution in [0.2, 0.25) is 0 Å². The molecule has 0 bridgehead atoms. The van der Waals surface area contributed by atoms with E-state index < -0.39 is 16.6 Å². The number of fused-ring (bicyclic) bond motifs is 4. The van der Waals surface area contributed by atoms with Gasteiger partial charge in [0, 0.05) is 24.2 Å². The highest BCUT2D eigenvalue weighted by molar-refractivity contribution is 7.79. The number of carbonyl (C=O) groups excluding carboxylic acids is 1.